The van der Waals surface area contributed by atoms with E-state index >= 15 is 0 Å². The molecule has 0 saturated carbocycles. The highest BCUT2D eigenvalue weighted by atomic mass is 16.3. The minimum atomic E-state index is -0.618. The minimum absolute atomic E-state index is 0.301. The van der Waals surface area contributed by atoms with E-state index in [-0.39, 0.29) is 0 Å². The molecule has 7 heteroatoms. The number of anilines is 1. The van der Waals surface area contributed by atoms with Crippen LogP contribution in [0.25, 0.3) is 22.3 Å². The normalized spacial score (nSPS) is 20.1. The maximum atomic E-state index is 11.8. The van der Waals surface area contributed by atoms with Gasteiger partial charge in [0.2, 0.25) is 5.91 Å². The molecule has 7 nitrogen and oxygen atoms in total. The third-order valence-electron chi connectivity index (χ3n) is 4.38. The highest BCUT2D eigenvalue weighted by molar-refractivity contribution is 5.94. The van der Waals surface area contributed by atoms with Crippen molar-refractivity contribution in [2.75, 3.05) is 11.4 Å². The van der Waals surface area contributed by atoms with Crippen LogP contribution in [0, 0.1) is 0 Å². The van der Waals surface area contributed by atoms with Gasteiger partial charge in [-0.05, 0) is 24.3 Å². The number of amides is 1. The van der Waals surface area contributed by atoms with Crippen LogP contribution in [0.1, 0.15) is 6.42 Å². The van der Waals surface area contributed by atoms with E-state index in [1.165, 1.54) is 0 Å². The van der Waals surface area contributed by atoms with Crippen molar-refractivity contribution in [1.82, 2.24) is 15.0 Å². The molecule has 2 atom stereocenters. The Balaban J connectivity index is 1.91. The fourth-order valence-corrected chi connectivity index (χ4v) is 3.22. The zero-order valence-electron chi connectivity index (χ0n) is 13.4. The predicted octanol–water partition coefficient (Wildman–Crippen LogP) is 1.12. The van der Waals surface area contributed by atoms with E-state index < -0.39 is 18.1 Å². The van der Waals surface area contributed by atoms with Gasteiger partial charge < -0.3 is 15.7 Å². The fraction of sp³-hybridized carbons (Fsp3) is 0.222. The average molecular weight is 335 g/mol. The van der Waals surface area contributed by atoms with Gasteiger partial charge in [-0.1, -0.05) is 12.1 Å². The number of carbonyl (C=O) groups excluding carboxylic acids is 1. The summed E-state index contributed by atoms with van der Waals surface area (Å²) in [5, 5.41) is 10.9. The quantitative estimate of drug-likeness (QED) is 0.743. The summed E-state index contributed by atoms with van der Waals surface area (Å²) in [6, 6.07) is 10.7. The standard InChI is InChI=1S/C18H17N5O2/c19-16(25)15-8-12(24)10-23(15)18-13-5-1-2-6-14(13)21-17(22-18)11-4-3-7-20-9-11/h1-7,9,12,15,24H,8,10H2,(H2,19,25)/t12-,15+/m1/s1. The number of aromatic nitrogens is 3. The molecule has 0 spiro atoms. The van der Waals surface area contributed by atoms with Crippen LogP contribution in [-0.2, 0) is 4.79 Å². The number of rotatable bonds is 3. The van der Waals surface area contributed by atoms with E-state index in [0.29, 0.717) is 24.6 Å². The van der Waals surface area contributed by atoms with Gasteiger partial charge in [0.25, 0.3) is 0 Å². The van der Waals surface area contributed by atoms with Crippen LogP contribution in [0.3, 0.4) is 0 Å². The number of aliphatic hydroxyl groups is 1. The Hall–Kier alpha value is -3.06. The number of nitrogens with two attached hydrogens (primary N) is 1. The number of fused-ring (bicyclic) bond motifs is 1. The third-order valence-corrected chi connectivity index (χ3v) is 4.38. The first-order valence-corrected chi connectivity index (χ1v) is 8.04. The molecule has 0 radical (unpaired) electrons. The number of hydrogen-bond acceptors (Lipinski definition) is 6. The van der Waals surface area contributed by atoms with Crippen LogP contribution in [0.15, 0.2) is 48.8 Å². The van der Waals surface area contributed by atoms with Crippen molar-refractivity contribution in [2.45, 2.75) is 18.6 Å². The molecule has 1 aliphatic rings. The molecule has 1 aromatic carbocycles. The van der Waals surface area contributed by atoms with Gasteiger partial charge in [-0.2, -0.15) is 0 Å². The maximum Gasteiger partial charge on any atom is 0.240 e. The molecule has 126 valence electrons. The molecule has 1 aliphatic heterocycles. The van der Waals surface area contributed by atoms with Gasteiger partial charge >= 0.3 is 0 Å². The van der Waals surface area contributed by atoms with Crippen LogP contribution < -0.4 is 10.6 Å². The molecule has 1 fully saturated rings. The summed E-state index contributed by atoms with van der Waals surface area (Å²) in [4.78, 5) is 27.0. The number of carbonyl (C=O) groups is 1. The molecule has 1 saturated heterocycles. The van der Waals surface area contributed by atoms with E-state index in [2.05, 4.69) is 15.0 Å². The van der Waals surface area contributed by atoms with Gasteiger partial charge in [0.1, 0.15) is 11.9 Å². The Bertz CT molecular complexity index is 931. The second-order valence-electron chi connectivity index (χ2n) is 6.09. The monoisotopic (exact) mass is 335 g/mol. The van der Waals surface area contributed by atoms with Crippen molar-refractivity contribution in [1.29, 1.82) is 0 Å². The molecule has 0 aliphatic carbocycles. The summed E-state index contributed by atoms with van der Waals surface area (Å²) in [7, 11) is 0. The molecular weight excluding hydrogens is 318 g/mol. The maximum absolute atomic E-state index is 11.8. The Morgan fingerprint density at radius 3 is 2.80 bits per heavy atom. The molecule has 1 amide bonds. The van der Waals surface area contributed by atoms with Gasteiger partial charge in [0.15, 0.2) is 5.82 Å². The minimum Gasteiger partial charge on any atom is -0.391 e. The van der Waals surface area contributed by atoms with E-state index in [4.69, 9.17) is 5.73 Å². The first-order chi connectivity index (χ1) is 12.1. The zero-order chi connectivity index (χ0) is 17.4. The topological polar surface area (TPSA) is 105 Å². The summed E-state index contributed by atoms with van der Waals surface area (Å²) in [6.45, 7) is 0.307. The molecule has 0 unspecified atom stereocenters. The molecule has 25 heavy (non-hydrogen) atoms. The van der Waals surface area contributed by atoms with Gasteiger partial charge in [-0.25, -0.2) is 9.97 Å². The van der Waals surface area contributed by atoms with Gasteiger partial charge in [-0.15, -0.1) is 0 Å². The summed E-state index contributed by atoms with van der Waals surface area (Å²) in [5.41, 5.74) is 7.08. The smallest absolute Gasteiger partial charge is 0.240 e. The summed E-state index contributed by atoms with van der Waals surface area (Å²) in [6.07, 6.45) is 3.06. The number of para-hydroxylation sites is 1. The molecule has 0 bridgehead atoms. The second-order valence-corrected chi connectivity index (χ2v) is 6.09. The fourth-order valence-electron chi connectivity index (χ4n) is 3.22. The van der Waals surface area contributed by atoms with E-state index in [1.54, 1.807) is 17.3 Å². The lowest BCUT2D eigenvalue weighted by molar-refractivity contribution is -0.119. The average Bonchev–Trinajstić information content (AvgIpc) is 3.03. The molecule has 3 N–H and O–H groups in total. The number of aliphatic hydroxyl groups excluding tert-OH is 1. The molecule has 4 rings (SSSR count). The second kappa shape index (κ2) is 6.10. The van der Waals surface area contributed by atoms with Crippen molar-refractivity contribution in [3.8, 4) is 11.4 Å². The van der Waals surface area contributed by atoms with Gasteiger partial charge in [-0.3, -0.25) is 9.78 Å². The lowest BCUT2D eigenvalue weighted by Crippen LogP contribution is -2.41. The molecule has 3 aromatic rings. The Kier molecular flexibility index (Phi) is 3.77. The summed E-state index contributed by atoms with van der Waals surface area (Å²) in [5.74, 6) is 0.651. The van der Waals surface area contributed by atoms with Crippen molar-refractivity contribution < 1.29 is 9.90 Å². The number of nitrogens with zero attached hydrogens (tertiary/aromatic N) is 4. The van der Waals surface area contributed by atoms with E-state index in [9.17, 15) is 9.90 Å². The largest absolute Gasteiger partial charge is 0.391 e. The number of primary amides is 1. The lowest BCUT2D eigenvalue weighted by Gasteiger charge is -2.24. The predicted molar refractivity (Wildman–Crippen MR) is 93.7 cm³/mol. The number of pyridine rings is 1. The molecule has 2 aromatic heterocycles. The van der Waals surface area contributed by atoms with Crippen molar-refractivity contribution in [2.24, 2.45) is 5.73 Å². The first kappa shape index (κ1) is 15.5. The van der Waals surface area contributed by atoms with Gasteiger partial charge in [0.05, 0.1) is 11.6 Å². The lowest BCUT2D eigenvalue weighted by atomic mass is 10.1. The number of benzene rings is 1. The van der Waals surface area contributed by atoms with Crippen LogP contribution in [-0.4, -0.2) is 44.7 Å². The van der Waals surface area contributed by atoms with Crippen LogP contribution in [0.2, 0.25) is 0 Å². The Morgan fingerprint density at radius 2 is 2.04 bits per heavy atom. The SMILES string of the molecule is NC(=O)[C@@H]1C[C@@H](O)CN1c1nc(-c2cccnc2)nc2ccccc12. The summed E-state index contributed by atoms with van der Waals surface area (Å²) < 4.78 is 0. The van der Waals surface area contributed by atoms with Crippen molar-refractivity contribution >= 4 is 22.6 Å². The van der Waals surface area contributed by atoms with E-state index in [0.717, 1.165) is 16.5 Å². The van der Waals surface area contributed by atoms with E-state index in [1.807, 2.05) is 36.4 Å². The van der Waals surface area contributed by atoms with Crippen LogP contribution in [0.4, 0.5) is 5.82 Å². The Morgan fingerprint density at radius 1 is 1.20 bits per heavy atom. The highest BCUT2D eigenvalue weighted by Gasteiger charge is 2.36. The highest BCUT2D eigenvalue weighted by Crippen LogP contribution is 2.32. The van der Waals surface area contributed by atoms with Crippen LogP contribution in [0.5, 0.6) is 0 Å². The first-order valence-electron chi connectivity index (χ1n) is 8.04. The molecule has 3 heterocycles. The van der Waals surface area contributed by atoms with Crippen molar-refractivity contribution in [3.05, 3.63) is 48.8 Å². The van der Waals surface area contributed by atoms with Crippen molar-refractivity contribution in [3.63, 3.8) is 0 Å². The Labute approximate surface area is 144 Å². The third kappa shape index (κ3) is 2.78. The number of β-amino-alcohol motifs (C(OH)–C–C–N with tert-alkyl or cyclic N) is 1. The van der Waals surface area contributed by atoms with Gasteiger partial charge in [0, 0.05) is 36.3 Å². The summed E-state index contributed by atoms with van der Waals surface area (Å²) >= 11 is 0. The van der Waals surface area contributed by atoms with Crippen LogP contribution >= 0.6 is 0 Å². The zero-order valence-corrected chi connectivity index (χ0v) is 13.4. The molecular formula is C18H17N5O2. The number of hydrogen-bond donors (Lipinski definition) is 2.